The number of aryl methyl sites for hydroxylation is 1. The molecule has 0 bridgehead atoms. The van der Waals surface area contributed by atoms with Crippen LogP contribution in [0, 0.1) is 19.8 Å². The Morgan fingerprint density at radius 3 is 2.81 bits per heavy atom. The van der Waals surface area contributed by atoms with Crippen molar-refractivity contribution in [2.24, 2.45) is 5.92 Å². The molecule has 1 saturated heterocycles. The molecule has 1 aliphatic carbocycles. The van der Waals surface area contributed by atoms with E-state index in [1.54, 1.807) is 11.1 Å². The second-order valence-electron chi connectivity index (χ2n) is 7.43. The molecule has 8 nitrogen and oxygen atoms in total. The van der Waals surface area contributed by atoms with Crippen LogP contribution in [0.4, 0.5) is 5.82 Å². The standard InChI is InChI=1S/C18H24N6O2/c1-11-12(2)22-16(17(25)24-9-18(26,10-24)14-3-4-14)23-15(11)19-6-5-13-7-20-21-8-13/h7-8,14,26H,3-6,9-10H2,1-2H3,(H,20,21)(H,19,22,23). The minimum absolute atomic E-state index is 0.191. The van der Waals surface area contributed by atoms with Crippen LogP contribution in [0.5, 0.6) is 0 Å². The van der Waals surface area contributed by atoms with Gasteiger partial charge in [0.2, 0.25) is 5.82 Å². The summed E-state index contributed by atoms with van der Waals surface area (Å²) in [4.78, 5) is 23.1. The van der Waals surface area contributed by atoms with Crippen molar-refractivity contribution in [3.63, 3.8) is 0 Å². The van der Waals surface area contributed by atoms with E-state index >= 15 is 0 Å². The highest BCUT2D eigenvalue weighted by molar-refractivity contribution is 5.91. The Hall–Kier alpha value is -2.48. The third kappa shape index (κ3) is 3.16. The van der Waals surface area contributed by atoms with E-state index in [0.717, 1.165) is 36.1 Å². The van der Waals surface area contributed by atoms with Gasteiger partial charge in [0.25, 0.3) is 5.91 Å². The molecule has 0 radical (unpaired) electrons. The van der Waals surface area contributed by atoms with Crippen LogP contribution >= 0.6 is 0 Å². The number of likely N-dealkylation sites (tertiary alicyclic amines) is 1. The predicted molar refractivity (Wildman–Crippen MR) is 95.9 cm³/mol. The summed E-state index contributed by atoms with van der Waals surface area (Å²) in [5, 5.41) is 20.4. The van der Waals surface area contributed by atoms with E-state index < -0.39 is 5.60 Å². The Labute approximate surface area is 152 Å². The molecular weight excluding hydrogens is 332 g/mol. The molecule has 2 aromatic heterocycles. The zero-order chi connectivity index (χ0) is 18.3. The fourth-order valence-electron chi connectivity index (χ4n) is 3.41. The quantitative estimate of drug-likeness (QED) is 0.715. The number of aromatic nitrogens is 4. The van der Waals surface area contributed by atoms with Crippen LogP contribution in [0.15, 0.2) is 12.4 Å². The van der Waals surface area contributed by atoms with Crippen LogP contribution in [0.25, 0.3) is 0 Å². The first kappa shape index (κ1) is 17.0. The minimum Gasteiger partial charge on any atom is -0.386 e. The number of H-pyrrole nitrogens is 1. The SMILES string of the molecule is Cc1nc(C(=O)N2CC(O)(C3CC3)C2)nc(NCCc2cn[nH]c2)c1C. The summed E-state index contributed by atoms with van der Waals surface area (Å²) in [6.45, 7) is 5.28. The highest BCUT2D eigenvalue weighted by Crippen LogP contribution is 2.44. The molecule has 2 aromatic rings. The Bertz CT molecular complexity index is 809. The second kappa shape index (κ2) is 6.35. The molecule has 3 N–H and O–H groups in total. The van der Waals surface area contributed by atoms with Crippen LogP contribution in [0.3, 0.4) is 0 Å². The molecule has 1 amide bonds. The van der Waals surface area contributed by atoms with Crippen LogP contribution in [-0.2, 0) is 6.42 Å². The van der Waals surface area contributed by atoms with E-state index in [1.165, 1.54) is 0 Å². The molecular formula is C18H24N6O2. The highest BCUT2D eigenvalue weighted by Gasteiger charge is 2.53. The third-order valence-electron chi connectivity index (χ3n) is 5.40. The topological polar surface area (TPSA) is 107 Å². The van der Waals surface area contributed by atoms with Crippen molar-refractivity contribution in [1.29, 1.82) is 0 Å². The van der Waals surface area contributed by atoms with Gasteiger partial charge in [0.15, 0.2) is 0 Å². The lowest BCUT2D eigenvalue weighted by Crippen LogP contribution is -2.64. The number of hydrogen-bond donors (Lipinski definition) is 3. The van der Waals surface area contributed by atoms with Crippen LogP contribution in [-0.4, -0.2) is 61.3 Å². The van der Waals surface area contributed by atoms with Crippen LogP contribution < -0.4 is 5.32 Å². The summed E-state index contributed by atoms with van der Waals surface area (Å²) in [6.07, 6.45) is 6.58. The lowest BCUT2D eigenvalue weighted by Gasteiger charge is -2.46. The van der Waals surface area contributed by atoms with Gasteiger partial charge in [0, 0.05) is 24.0 Å². The lowest BCUT2D eigenvalue weighted by molar-refractivity contribution is -0.0961. The van der Waals surface area contributed by atoms with Crippen LogP contribution in [0.1, 0.15) is 40.3 Å². The van der Waals surface area contributed by atoms with Gasteiger partial charge in [-0.3, -0.25) is 9.89 Å². The van der Waals surface area contributed by atoms with Crippen molar-refractivity contribution in [2.45, 2.75) is 38.7 Å². The van der Waals surface area contributed by atoms with E-state index in [9.17, 15) is 9.90 Å². The zero-order valence-corrected chi connectivity index (χ0v) is 15.1. The first-order chi connectivity index (χ1) is 12.5. The molecule has 0 spiro atoms. The number of anilines is 1. The smallest absolute Gasteiger partial charge is 0.291 e. The molecule has 0 aromatic carbocycles. The first-order valence-corrected chi connectivity index (χ1v) is 9.05. The van der Waals surface area contributed by atoms with Gasteiger partial charge < -0.3 is 15.3 Å². The van der Waals surface area contributed by atoms with Crippen molar-refractivity contribution in [1.82, 2.24) is 25.1 Å². The van der Waals surface area contributed by atoms with Gasteiger partial charge in [-0.05, 0) is 44.6 Å². The fraction of sp³-hybridized carbons (Fsp3) is 0.556. The summed E-state index contributed by atoms with van der Waals surface area (Å²) >= 11 is 0. The van der Waals surface area contributed by atoms with E-state index in [4.69, 9.17) is 0 Å². The summed E-state index contributed by atoms with van der Waals surface area (Å²) < 4.78 is 0. The summed E-state index contributed by atoms with van der Waals surface area (Å²) in [7, 11) is 0. The van der Waals surface area contributed by atoms with Gasteiger partial charge >= 0.3 is 0 Å². The first-order valence-electron chi connectivity index (χ1n) is 9.05. The van der Waals surface area contributed by atoms with Gasteiger partial charge in [-0.15, -0.1) is 0 Å². The fourth-order valence-corrected chi connectivity index (χ4v) is 3.41. The predicted octanol–water partition coefficient (Wildman–Crippen LogP) is 1.07. The van der Waals surface area contributed by atoms with Crippen LogP contribution in [0.2, 0.25) is 0 Å². The molecule has 1 aliphatic heterocycles. The van der Waals surface area contributed by atoms with Gasteiger partial charge in [-0.25, -0.2) is 9.97 Å². The summed E-state index contributed by atoms with van der Waals surface area (Å²) in [6, 6.07) is 0. The monoisotopic (exact) mass is 356 g/mol. The highest BCUT2D eigenvalue weighted by atomic mass is 16.3. The minimum atomic E-state index is -0.693. The number of carbonyl (C=O) groups excluding carboxylic acids is 1. The van der Waals surface area contributed by atoms with Gasteiger partial charge in [0.1, 0.15) is 11.4 Å². The molecule has 26 heavy (non-hydrogen) atoms. The molecule has 3 heterocycles. The van der Waals surface area contributed by atoms with E-state index in [-0.39, 0.29) is 11.7 Å². The van der Waals surface area contributed by atoms with Crippen molar-refractivity contribution in [2.75, 3.05) is 25.0 Å². The number of hydrogen-bond acceptors (Lipinski definition) is 6. The zero-order valence-electron chi connectivity index (χ0n) is 15.1. The maximum absolute atomic E-state index is 12.7. The van der Waals surface area contributed by atoms with Gasteiger partial charge in [-0.2, -0.15) is 5.10 Å². The van der Waals surface area contributed by atoms with Crippen molar-refractivity contribution < 1.29 is 9.90 Å². The van der Waals surface area contributed by atoms with Crippen molar-refractivity contribution >= 4 is 11.7 Å². The Morgan fingerprint density at radius 1 is 1.38 bits per heavy atom. The number of rotatable bonds is 6. The molecule has 2 fully saturated rings. The normalized spacial score (nSPS) is 18.5. The van der Waals surface area contributed by atoms with Gasteiger partial charge in [-0.1, -0.05) is 0 Å². The number of carbonyl (C=O) groups is 1. The Morgan fingerprint density at radius 2 is 2.15 bits per heavy atom. The maximum Gasteiger partial charge on any atom is 0.291 e. The Kier molecular flexibility index (Phi) is 4.14. The summed E-state index contributed by atoms with van der Waals surface area (Å²) in [5.41, 5.74) is 2.14. The van der Waals surface area contributed by atoms with Crippen molar-refractivity contribution in [3.8, 4) is 0 Å². The van der Waals surface area contributed by atoms with E-state index in [0.29, 0.717) is 31.4 Å². The largest absolute Gasteiger partial charge is 0.386 e. The number of amides is 1. The molecule has 2 aliphatic rings. The van der Waals surface area contributed by atoms with E-state index in [2.05, 4.69) is 25.5 Å². The second-order valence-corrected chi connectivity index (χ2v) is 7.43. The molecule has 8 heteroatoms. The molecule has 0 unspecified atom stereocenters. The average Bonchev–Trinajstić information content (AvgIpc) is 3.32. The molecule has 1 saturated carbocycles. The number of aromatic amines is 1. The maximum atomic E-state index is 12.7. The number of aliphatic hydroxyl groups is 1. The molecule has 4 rings (SSSR count). The number of β-amino-alcohol motifs (C(OH)–C–C–N with tert-alkyl or cyclic N) is 1. The molecule has 138 valence electrons. The van der Waals surface area contributed by atoms with Crippen molar-refractivity contribution in [3.05, 3.63) is 35.0 Å². The Balaban J connectivity index is 1.43. The third-order valence-corrected chi connectivity index (χ3v) is 5.40. The van der Waals surface area contributed by atoms with Gasteiger partial charge in [0.05, 0.1) is 19.3 Å². The number of nitrogens with zero attached hydrogens (tertiary/aromatic N) is 4. The molecule has 0 atom stereocenters. The lowest BCUT2D eigenvalue weighted by atomic mass is 9.88. The average molecular weight is 356 g/mol. The number of nitrogens with one attached hydrogen (secondary N) is 2. The summed E-state index contributed by atoms with van der Waals surface area (Å²) in [5.74, 6) is 1.02. The van der Waals surface area contributed by atoms with E-state index in [1.807, 2.05) is 20.0 Å².